The standard InChI is InChI=1S/C23H32N6O3S/c1-6-7-19-20-21(28(5)26-19)23(30)25-22(24-20)18-14-16(8-9-17(18)15(2)3)33(31,32)29-12-10-27(4)11-13-29/h8-9,14-15H,6-7,10-13H2,1-5H3,(H,24,25,30). The van der Waals surface area contributed by atoms with E-state index in [2.05, 4.69) is 21.9 Å². The summed E-state index contributed by atoms with van der Waals surface area (Å²) < 4.78 is 29.9. The van der Waals surface area contributed by atoms with Gasteiger partial charge in [-0.3, -0.25) is 9.48 Å². The molecule has 4 rings (SSSR count). The average molecular weight is 473 g/mol. The molecule has 0 atom stereocenters. The van der Waals surface area contributed by atoms with Crippen molar-refractivity contribution in [3.8, 4) is 11.4 Å². The molecular weight excluding hydrogens is 440 g/mol. The van der Waals surface area contributed by atoms with Gasteiger partial charge in [0.15, 0.2) is 5.52 Å². The molecule has 0 aliphatic carbocycles. The predicted octanol–water partition coefficient (Wildman–Crippen LogP) is 2.34. The Hall–Kier alpha value is -2.56. The van der Waals surface area contributed by atoms with Crippen molar-refractivity contribution in [3.63, 3.8) is 0 Å². The monoisotopic (exact) mass is 472 g/mol. The second-order valence-electron chi connectivity index (χ2n) is 9.04. The summed E-state index contributed by atoms with van der Waals surface area (Å²) >= 11 is 0. The normalized spacial score (nSPS) is 16.2. The van der Waals surface area contributed by atoms with Crippen LogP contribution in [0.25, 0.3) is 22.4 Å². The summed E-state index contributed by atoms with van der Waals surface area (Å²) in [6, 6.07) is 5.15. The number of sulfonamides is 1. The van der Waals surface area contributed by atoms with Crippen LogP contribution < -0.4 is 5.56 Å². The lowest BCUT2D eigenvalue weighted by molar-refractivity contribution is 0.222. The van der Waals surface area contributed by atoms with Crippen LogP contribution in [-0.4, -0.2) is 70.6 Å². The van der Waals surface area contributed by atoms with Crippen LogP contribution in [0.2, 0.25) is 0 Å². The Morgan fingerprint density at radius 3 is 2.45 bits per heavy atom. The summed E-state index contributed by atoms with van der Waals surface area (Å²) in [5.41, 5.74) is 3.04. The van der Waals surface area contributed by atoms with Gasteiger partial charge in [0.25, 0.3) is 5.56 Å². The molecule has 0 radical (unpaired) electrons. The van der Waals surface area contributed by atoms with Gasteiger partial charge in [0.05, 0.1) is 10.6 Å². The number of rotatable bonds is 6. The fraction of sp³-hybridized carbons (Fsp3) is 0.522. The molecule has 0 amide bonds. The van der Waals surface area contributed by atoms with Crippen molar-refractivity contribution in [1.82, 2.24) is 29.0 Å². The number of aromatic nitrogens is 4. The molecule has 0 bridgehead atoms. The van der Waals surface area contributed by atoms with Gasteiger partial charge >= 0.3 is 0 Å². The van der Waals surface area contributed by atoms with Crippen molar-refractivity contribution < 1.29 is 8.42 Å². The molecule has 33 heavy (non-hydrogen) atoms. The zero-order valence-corrected chi connectivity index (χ0v) is 20.7. The van der Waals surface area contributed by atoms with Crippen LogP contribution >= 0.6 is 0 Å². The minimum Gasteiger partial charge on any atom is -0.305 e. The van der Waals surface area contributed by atoms with E-state index in [0.717, 1.165) is 17.7 Å². The largest absolute Gasteiger partial charge is 0.305 e. The van der Waals surface area contributed by atoms with Gasteiger partial charge in [0.1, 0.15) is 11.3 Å². The maximum absolute atomic E-state index is 13.4. The molecule has 3 heterocycles. The van der Waals surface area contributed by atoms with E-state index in [4.69, 9.17) is 4.98 Å². The molecule has 10 heteroatoms. The third-order valence-corrected chi connectivity index (χ3v) is 8.15. The van der Waals surface area contributed by atoms with Crippen LogP contribution in [0.15, 0.2) is 27.9 Å². The zero-order chi connectivity index (χ0) is 23.9. The number of hydrogen-bond donors (Lipinski definition) is 1. The maximum atomic E-state index is 13.4. The van der Waals surface area contributed by atoms with Crippen LogP contribution in [-0.2, 0) is 23.5 Å². The Labute approximate surface area is 194 Å². The highest BCUT2D eigenvalue weighted by atomic mass is 32.2. The number of nitrogens with zero attached hydrogens (tertiary/aromatic N) is 5. The molecule has 1 aliphatic heterocycles. The zero-order valence-electron chi connectivity index (χ0n) is 19.9. The topological polar surface area (TPSA) is 104 Å². The van der Waals surface area contributed by atoms with Crippen molar-refractivity contribution >= 4 is 21.1 Å². The first-order valence-corrected chi connectivity index (χ1v) is 12.9. The van der Waals surface area contributed by atoms with Crippen molar-refractivity contribution in [3.05, 3.63) is 39.8 Å². The summed E-state index contributed by atoms with van der Waals surface area (Å²) in [7, 11) is 0.0727. The van der Waals surface area contributed by atoms with E-state index in [0.29, 0.717) is 55.0 Å². The Morgan fingerprint density at radius 1 is 1.12 bits per heavy atom. The lowest BCUT2D eigenvalue weighted by atomic mass is 9.96. The lowest BCUT2D eigenvalue weighted by Crippen LogP contribution is -2.47. The third kappa shape index (κ3) is 4.34. The molecule has 0 spiro atoms. The van der Waals surface area contributed by atoms with Gasteiger partial charge in [0.2, 0.25) is 10.0 Å². The molecule has 0 saturated carbocycles. The minimum atomic E-state index is -3.65. The van der Waals surface area contributed by atoms with Crippen LogP contribution in [0.3, 0.4) is 0 Å². The number of aromatic amines is 1. The first kappa shape index (κ1) is 23.6. The quantitative estimate of drug-likeness (QED) is 0.591. The fourth-order valence-electron chi connectivity index (χ4n) is 4.36. The SMILES string of the molecule is CCCc1nn(C)c2c(=O)[nH]c(-c3cc(S(=O)(=O)N4CCN(C)CC4)ccc3C(C)C)nc12. The van der Waals surface area contributed by atoms with Crippen LogP contribution in [0.5, 0.6) is 0 Å². The highest BCUT2D eigenvalue weighted by Gasteiger charge is 2.29. The average Bonchev–Trinajstić information content (AvgIpc) is 3.09. The summed E-state index contributed by atoms with van der Waals surface area (Å²) in [5, 5.41) is 4.48. The van der Waals surface area contributed by atoms with Crippen LogP contribution in [0.4, 0.5) is 0 Å². The molecule has 1 N–H and O–H groups in total. The molecule has 0 unspecified atom stereocenters. The van der Waals surface area contributed by atoms with Crippen molar-refractivity contribution in [2.75, 3.05) is 33.2 Å². The Kier molecular flexibility index (Phi) is 6.43. The second kappa shape index (κ2) is 9.00. The Balaban J connectivity index is 1.87. The van der Waals surface area contributed by atoms with Gasteiger partial charge in [-0.05, 0) is 37.1 Å². The smallest absolute Gasteiger partial charge is 0.277 e. The van der Waals surface area contributed by atoms with Crippen LogP contribution in [0, 0.1) is 0 Å². The molecule has 3 aromatic rings. The van der Waals surface area contributed by atoms with Crippen molar-refractivity contribution in [1.29, 1.82) is 0 Å². The number of benzene rings is 1. The summed E-state index contributed by atoms with van der Waals surface area (Å²) in [6.45, 7) is 8.44. The van der Waals surface area contributed by atoms with Crippen molar-refractivity contribution in [2.24, 2.45) is 7.05 Å². The number of H-pyrrole nitrogens is 1. The molecule has 1 aliphatic rings. The molecule has 1 saturated heterocycles. The van der Waals surface area contributed by atoms with Gasteiger partial charge in [-0.1, -0.05) is 33.3 Å². The number of nitrogens with one attached hydrogen (secondary N) is 1. The summed E-state index contributed by atoms with van der Waals surface area (Å²) in [5.74, 6) is 0.488. The van der Waals surface area contributed by atoms with Crippen LogP contribution in [0.1, 0.15) is 44.4 Å². The Morgan fingerprint density at radius 2 is 1.82 bits per heavy atom. The van der Waals surface area contributed by atoms with E-state index in [1.165, 1.54) is 4.31 Å². The number of hydrogen-bond acceptors (Lipinski definition) is 6. The molecule has 1 aromatic carbocycles. The van der Waals surface area contributed by atoms with E-state index in [9.17, 15) is 13.2 Å². The first-order chi connectivity index (χ1) is 15.6. The van der Waals surface area contributed by atoms with Gasteiger partial charge in [-0.2, -0.15) is 9.40 Å². The number of likely N-dealkylation sites (N-methyl/N-ethyl adjacent to an activating group) is 1. The molecule has 2 aromatic heterocycles. The minimum absolute atomic E-state index is 0.116. The molecule has 178 valence electrons. The fourth-order valence-corrected chi connectivity index (χ4v) is 5.81. The molecular formula is C23H32N6O3S. The van der Waals surface area contributed by atoms with Gasteiger partial charge < -0.3 is 9.88 Å². The van der Waals surface area contributed by atoms with Gasteiger partial charge in [-0.15, -0.1) is 0 Å². The highest BCUT2D eigenvalue weighted by Crippen LogP contribution is 2.31. The van der Waals surface area contributed by atoms with Crippen molar-refractivity contribution in [2.45, 2.75) is 44.4 Å². The van der Waals surface area contributed by atoms with Gasteiger partial charge in [-0.25, -0.2) is 13.4 Å². The lowest BCUT2D eigenvalue weighted by Gasteiger charge is -2.31. The maximum Gasteiger partial charge on any atom is 0.277 e. The van der Waals surface area contributed by atoms with E-state index >= 15 is 0 Å². The van der Waals surface area contributed by atoms with E-state index in [1.807, 2.05) is 27.0 Å². The van der Waals surface area contributed by atoms with Gasteiger partial charge in [0, 0.05) is 38.8 Å². The number of piperazine rings is 1. The summed E-state index contributed by atoms with van der Waals surface area (Å²) in [6.07, 6.45) is 1.59. The Bertz CT molecular complexity index is 1330. The molecule has 1 fully saturated rings. The second-order valence-corrected chi connectivity index (χ2v) is 11.0. The van der Waals surface area contributed by atoms with E-state index < -0.39 is 10.0 Å². The third-order valence-electron chi connectivity index (χ3n) is 6.25. The predicted molar refractivity (Wildman–Crippen MR) is 129 cm³/mol. The highest BCUT2D eigenvalue weighted by molar-refractivity contribution is 7.89. The van der Waals surface area contributed by atoms with E-state index in [1.54, 1.807) is 23.9 Å². The number of fused-ring (bicyclic) bond motifs is 1. The number of aryl methyl sites for hydroxylation is 2. The summed E-state index contributed by atoms with van der Waals surface area (Å²) in [4.78, 5) is 23.0. The molecule has 9 nitrogen and oxygen atoms in total. The van der Waals surface area contributed by atoms with E-state index in [-0.39, 0.29) is 16.4 Å². The first-order valence-electron chi connectivity index (χ1n) is 11.4.